The maximum atomic E-state index is 12.5. The molecular formula is C20H25N3O2. The van der Waals surface area contributed by atoms with Crippen molar-refractivity contribution in [3.05, 3.63) is 46.6 Å². The first-order valence-corrected chi connectivity index (χ1v) is 9.41. The van der Waals surface area contributed by atoms with Gasteiger partial charge in [-0.2, -0.15) is 4.98 Å². The van der Waals surface area contributed by atoms with Crippen LogP contribution in [0.4, 0.5) is 0 Å². The van der Waals surface area contributed by atoms with Gasteiger partial charge in [-0.15, -0.1) is 0 Å². The summed E-state index contributed by atoms with van der Waals surface area (Å²) in [6, 6.07) is 6.15. The van der Waals surface area contributed by atoms with Crippen LogP contribution in [0, 0.1) is 0 Å². The first-order chi connectivity index (χ1) is 12.1. The lowest BCUT2D eigenvalue weighted by Crippen LogP contribution is -2.34. The molecule has 1 saturated carbocycles. The molecule has 2 N–H and O–H groups in total. The van der Waals surface area contributed by atoms with Crippen molar-refractivity contribution in [2.45, 2.75) is 69.7 Å². The van der Waals surface area contributed by atoms with E-state index in [2.05, 4.69) is 22.3 Å². The second-order valence-electron chi connectivity index (χ2n) is 7.49. The van der Waals surface area contributed by atoms with Crippen molar-refractivity contribution in [1.82, 2.24) is 10.1 Å². The maximum Gasteiger partial charge on any atom is 0.227 e. The van der Waals surface area contributed by atoms with E-state index in [1.54, 1.807) is 0 Å². The van der Waals surface area contributed by atoms with Gasteiger partial charge in [-0.3, -0.25) is 4.79 Å². The third-order valence-corrected chi connectivity index (χ3v) is 5.65. The van der Waals surface area contributed by atoms with Crippen molar-refractivity contribution in [1.29, 1.82) is 0 Å². The molecule has 1 aromatic heterocycles. The van der Waals surface area contributed by atoms with Crippen molar-refractivity contribution in [2.24, 2.45) is 5.73 Å². The number of rotatable bonds is 5. The number of hydrogen-bond acceptors (Lipinski definition) is 5. The molecule has 1 fully saturated rings. The first-order valence-electron chi connectivity index (χ1n) is 9.41. The molecule has 5 nitrogen and oxygen atoms in total. The van der Waals surface area contributed by atoms with Crippen LogP contribution in [0.2, 0.25) is 0 Å². The van der Waals surface area contributed by atoms with E-state index < -0.39 is 5.54 Å². The summed E-state index contributed by atoms with van der Waals surface area (Å²) in [5, 5.41) is 4.06. The largest absolute Gasteiger partial charge is 0.339 e. The van der Waals surface area contributed by atoms with Gasteiger partial charge in [0.15, 0.2) is 11.6 Å². The van der Waals surface area contributed by atoms with E-state index in [0.717, 1.165) is 44.1 Å². The van der Waals surface area contributed by atoms with Gasteiger partial charge < -0.3 is 10.3 Å². The topological polar surface area (TPSA) is 82.0 Å². The molecule has 2 aromatic rings. The molecule has 2 aliphatic rings. The van der Waals surface area contributed by atoms with E-state index >= 15 is 0 Å². The Hall–Kier alpha value is -2.01. The Morgan fingerprint density at radius 1 is 1.12 bits per heavy atom. The minimum absolute atomic E-state index is 0.136. The predicted molar refractivity (Wildman–Crippen MR) is 94.4 cm³/mol. The summed E-state index contributed by atoms with van der Waals surface area (Å²) in [4.78, 5) is 17.0. The average molecular weight is 339 g/mol. The summed E-state index contributed by atoms with van der Waals surface area (Å²) in [6.07, 6.45) is 9.57. The Balaban J connectivity index is 1.40. The molecule has 0 bridgehead atoms. The molecule has 0 radical (unpaired) electrons. The first kappa shape index (κ1) is 16.5. The Morgan fingerprint density at radius 2 is 1.88 bits per heavy atom. The zero-order chi connectivity index (χ0) is 17.3. The minimum atomic E-state index is -0.440. The highest BCUT2D eigenvalue weighted by Gasteiger charge is 2.35. The third kappa shape index (κ3) is 3.38. The van der Waals surface area contributed by atoms with Crippen molar-refractivity contribution in [3.63, 3.8) is 0 Å². The molecule has 1 heterocycles. The summed E-state index contributed by atoms with van der Waals surface area (Å²) in [6.45, 7) is 0. The molecule has 1 aromatic carbocycles. The molecular weight excluding hydrogens is 314 g/mol. The Bertz CT molecular complexity index is 775. The Labute approximate surface area is 148 Å². The molecule has 0 amide bonds. The van der Waals surface area contributed by atoms with Gasteiger partial charge in [0, 0.05) is 18.4 Å². The number of nitrogens with zero attached hydrogens (tertiary/aromatic N) is 2. The van der Waals surface area contributed by atoms with Crippen LogP contribution in [0.5, 0.6) is 0 Å². The summed E-state index contributed by atoms with van der Waals surface area (Å²) < 4.78 is 5.33. The van der Waals surface area contributed by atoms with Gasteiger partial charge in [0.1, 0.15) is 0 Å². The van der Waals surface area contributed by atoms with E-state index in [4.69, 9.17) is 10.3 Å². The summed E-state index contributed by atoms with van der Waals surface area (Å²) >= 11 is 0. The van der Waals surface area contributed by atoms with Crippen molar-refractivity contribution in [2.75, 3.05) is 0 Å². The highest BCUT2D eigenvalue weighted by Crippen LogP contribution is 2.34. The quantitative estimate of drug-likeness (QED) is 0.843. The lowest BCUT2D eigenvalue weighted by molar-refractivity contribution is 0.0979. The Kier molecular flexibility index (Phi) is 4.42. The summed E-state index contributed by atoms with van der Waals surface area (Å²) in [7, 11) is 0. The fourth-order valence-corrected chi connectivity index (χ4v) is 4.06. The number of carbonyl (C=O) groups excluding carboxylic acids is 1. The van der Waals surface area contributed by atoms with Gasteiger partial charge in [-0.25, -0.2) is 0 Å². The van der Waals surface area contributed by atoms with Crippen molar-refractivity contribution in [3.8, 4) is 0 Å². The zero-order valence-corrected chi connectivity index (χ0v) is 14.6. The van der Waals surface area contributed by atoms with E-state index in [0.29, 0.717) is 24.6 Å². The van der Waals surface area contributed by atoms with Crippen LogP contribution in [-0.2, 0) is 24.8 Å². The van der Waals surface area contributed by atoms with E-state index in [1.807, 2.05) is 6.07 Å². The molecule has 0 saturated heterocycles. The second kappa shape index (κ2) is 6.71. The minimum Gasteiger partial charge on any atom is -0.339 e. The van der Waals surface area contributed by atoms with Gasteiger partial charge in [0.2, 0.25) is 5.89 Å². The Morgan fingerprint density at radius 3 is 2.68 bits per heavy atom. The smallest absolute Gasteiger partial charge is 0.227 e. The van der Waals surface area contributed by atoms with E-state index in [9.17, 15) is 4.79 Å². The van der Waals surface area contributed by atoms with Crippen molar-refractivity contribution < 1.29 is 9.32 Å². The molecule has 25 heavy (non-hydrogen) atoms. The van der Waals surface area contributed by atoms with Crippen LogP contribution in [-0.4, -0.2) is 15.9 Å². The number of nitrogens with two attached hydrogens (primary N) is 1. The molecule has 0 atom stereocenters. The molecule has 5 heteroatoms. The van der Waals surface area contributed by atoms with E-state index in [1.165, 1.54) is 24.0 Å². The number of carbonyl (C=O) groups is 1. The number of aryl methyl sites for hydroxylation is 3. The van der Waals surface area contributed by atoms with Gasteiger partial charge in [0.05, 0.1) is 5.54 Å². The number of hydrogen-bond donors (Lipinski definition) is 1. The monoisotopic (exact) mass is 339 g/mol. The third-order valence-electron chi connectivity index (χ3n) is 5.65. The molecule has 0 spiro atoms. The van der Waals surface area contributed by atoms with Crippen LogP contribution in [0.25, 0.3) is 0 Å². The van der Waals surface area contributed by atoms with Gasteiger partial charge in [-0.05, 0) is 55.7 Å². The average Bonchev–Trinajstić information content (AvgIpc) is 3.29. The predicted octanol–water partition coefficient (Wildman–Crippen LogP) is 3.49. The second-order valence-corrected chi connectivity index (χ2v) is 7.49. The lowest BCUT2D eigenvalue weighted by atomic mass is 9.89. The van der Waals surface area contributed by atoms with Crippen LogP contribution in [0.1, 0.15) is 78.1 Å². The molecule has 4 rings (SSSR count). The van der Waals surface area contributed by atoms with Gasteiger partial charge in [-0.1, -0.05) is 30.1 Å². The van der Waals surface area contributed by atoms with Crippen LogP contribution in [0.3, 0.4) is 0 Å². The van der Waals surface area contributed by atoms with E-state index in [-0.39, 0.29) is 5.78 Å². The van der Waals surface area contributed by atoms with Gasteiger partial charge in [0.25, 0.3) is 0 Å². The van der Waals surface area contributed by atoms with Crippen LogP contribution in [0.15, 0.2) is 22.7 Å². The normalized spacial score (nSPS) is 18.9. The lowest BCUT2D eigenvalue weighted by Gasteiger charge is -2.17. The van der Waals surface area contributed by atoms with Crippen LogP contribution >= 0.6 is 0 Å². The highest BCUT2D eigenvalue weighted by atomic mass is 16.5. The number of benzene rings is 1. The summed E-state index contributed by atoms with van der Waals surface area (Å²) in [5.41, 5.74) is 9.44. The number of aromatic nitrogens is 2. The van der Waals surface area contributed by atoms with Crippen LogP contribution < -0.4 is 5.73 Å². The SMILES string of the molecule is NC1(c2noc(CCC(=O)c3ccc4c(c3)CCCC4)n2)CCCC1. The number of ketones is 1. The molecule has 0 unspecified atom stereocenters. The molecule has 2 aliphatic carbocycles. The number of fused-ring (bicyclic) bond motifs is 1. The fourth-order valence-electron chi connectivity index (χ4n) is 4.06. The van der Waals surface area contributed by atoms with Gasteiger partial charge >= 0.3 is 0 Å². The maximum absolute atomic E-state index is 12.5. The standard InChI is InChI=1S/C20H25N3O2/c21-20(11-3-4-12-20)19-22-18(25-23-19)10-9-17(24)16-8-7-14-5-1-2-6-15(14)13-16/h7-8,13H,1-6,9-12,21H2. The summed E-state index contributed by atoms with van der Waals surface area (Å²) in [5.74, 6) is 1.25. The fraction of sp³-hybridized carbons (Fsp3) is 0.550. The molecule has 132 valence electrons. The number of Topliss-reactive ketones (excluding diaryl/α,β-unsaturated/α-hetero) is 1. The van der Waals surface area contributed by atoms with Crippen molar-refractivity contribution >= 4 is 5.78 Å². The highest BCUT2D eigenvalue weighted by molar-refractivity contribution is 5.96. The zero-order valence-electron chi connectivity index (χ0n) is 14.6. The molecule has 0 aliphatic heterocycles.